The number of ether oxygens (including phenoxy) is 1. The first-order valence-electron chi connectivity index (χ1n) is 9.11. The molecular weight excluding hydrogens is 318 g/mol. The molecule has 0 bridgehead atoms. The van der Waals surface area contributed by atoms with Gasteiger partial charge in [0, 0.05) is 43.5 Å². The molecule has 0 radical (unpaired) electrons. The summed E-state index contributed by atoms with van der Waals surface area (Å²) in [7, 11) is 1.42. The van der Waals surface area contributed by atoms with Crippen LogP contribution in [0.1, 0.15) is 25.7 Å². The maximum Gasteiger partial charge on any atom is 0.319 e. The lowest BCUT2D eigenvalue weighted by atomic mass is 10.1. The molecule has 1 saturated heterocycles. The number of anilines is 2. The molecule has 0 spiro atoms. The number of piperazine rings is 1. The minimum Gasteiger partial charge on any atom is -0.468 e. The van der Waals surface area contributed by atoms with E-state index in [0.29, 0.717) is 6.54 Å². The van der Waals surface area contributed by atoms with E-state index in [-0.39, 0.29) is 17.8 Å². The third kappa shape index (κ3) is 4.72. The van der Waals surface area contributed by atoms with Crippen molar-refractivity contribution in [2.75, 3.05) is 50.1 Å². The lowest BCUT2D eigenvalue weighted by molar-refractivity contribution is -0.142. The summed E-state index contributed by atoms with van der Waals surface area (Å²) in [5, 5.41) is 3.03. The van der Waals surface area contributed by atoms with Crippen LogP contribution in [-0.2, 0) is 14.3 Å². The third-order valence-electron chi connectivity index (χ3n) is 5.18. The average molecular weight is 345 g/mol. The molecule has 6 nitrogen and oxygen atoms in total. The average Bonchev–Trinajstić information content (AvgIpc) is 3.18. The van der Waals surface area contributed by atoms with Crippen LogP contribution in [0, 0.1) is 5.92 Å². The van der Waals surface area contributed by atoms with E-state index in [1.165, 1.54) is 20.0 Å². The summed E-state index contributed by atoms with van der Waals surface area (Å²) in [4.78, 5) is 27.9. The quantitative estimate of drug-likeness (QED) is 0.828. The highest BCUT2D eigenvalue weighted by Gasteiger charge is 2.23. The zero-order chi connectivity index (χ0) is 17.6. The van der Waals surface area contributed by atoms with Gasteiger partial charge in [-0.15, -0.1) is 0 Å². The van der Waals surface area contributed by atoms with Crippen LogP contribution in [0.15, 0.2) is 24.3 Å². The van der Waals surface area contributed by atoms with Crippen molar-refractivity contribution in [1.29, 1.82) is 0 Å². The normalized spacial score (nSPS) is 19.0. The molecule has 1 amide bonds. The van der Waals surface area contributed by atoms with Gasteiger partial charge < -0.3 is 15.0 Å². The lowest BCUT2D eigenvalue weighted by Crippen LogP contribution is -2.48. The van der Waals surface area contributed by atoms with Crippen LogP contribution >= 0.6 is 0 Å². The zero-order valence-corrected chi connectivity index (χ0v) is 14.9. The molecule has 136 valence electrons. The molecule has 6 heteroatoms. The molecule has 25 heavy (non-hydrogen) atoms. The molecule has 1 aromatic carbocycles. The summed E-state index contributed by atoms with van der Waals surface area (Å²) < 4.78 is 4.72. The third-order valence-corrected chi connectivity index (χ3v) is 5.18. The Balaban J connectivity index is 1.49. The summed E-state index contributed by atoms with van der Waals surface area (Å²) >= 11 is 0. The zero-order valence-electron chi connectivity index (χ0n) is 14.9. The molecule has 1 aromatic rings. The highest BCUT2D eigenvalue weighted by Crippen LogP contribution is 2.26. The molecule has 2 fully saturated rings. The van der Waals surface area contributed by atoms with Crippen LogP contribution in [0.5, 0.6) is 0 Å². The molecular formula is C19H27N3O3. The van der Waals surface area contributed by atoms with E-state index in [1.54, 1.807) is 0 Å². The second kappa shape index (κ2) is 8.34. The molecule has 1 heterocycles. The van der Waals surface area contributed by atoms with Crippen molar-refractivity contribution in [3.8, 4) is 0 Å². The fourth-order valence-corrected chi connectivity index (χ4v) is 3.60. The largest absolute Gasteiger partial charge is 0.468 e. The molecule has 0 atom stereocenters. The number of methoxy groups -OCH3 is 1. The molecule has 1 N–H and O–H groups in total. The Kier molecular flexibility index (Phi) is 5.91. The van der Waals surface area contributed by atoms with E-state index in [2.05, 4.69) is 27.2 Å². The fraction of sp³-hybridized carbons (Fsp3) is 0.579. The minimum atomic E-state index is -0.184. The molecule has 1 saturated carbocycles. The Bertz CT molecular complexity index is 588. The van der Waals surface area contributed by atoms with Crippen molar-refractivity contribution in [2.45, 2.75) is 25.7 Å². The van der Waals surface area contributed by atoms with Crippen LogP contribution in [-0.4, -0.2) is 56.6 Å². The van der Waals surface area contributed by atoms with Gasteiger partial charge in [-0.3, -0.25) is 14.5 Å². The van der Waals surface area contributed by atoms with E-state index >= 15 is 0 Å². The van der Waals surface area contributed by atoms with Crippen molar-refractivity contribution in [1.82, 2.24) is 4.90 Å². The molecule has 1 aliphatic carbocycles. The highest BCUT2D eigenvalue weighted by molar-refractivity contribution is 5.92. The molecule has 2 aliphatic rings. The minimum absolute atomic E-state index is 0.154. The number of amides is 1. The Morgan fingerprint density at radius 2 is 1.72 bits per heavy atom. The Labute approximate surface area is 149 Å². The van der Waals surface area contributed by atoms with E-state index in [9.17, 15) is 9.59 Å². The smallest absolute Gasteiger partial charge is 0.319 e. The number of esters is 1. The predicted molar refractivity (Wildman–Crippen MR) is 97.7 cm³/mol. The van der Waals surface area contributed by atoms with Crippen molar-refractivity contribution in [2.24, 2.45) is 5.92 Å². The van der Waals surface area contributed by atoms with Gasteiger partial charge in [0.1, 0.15) is 0 Å². The molecule has 0 unspecified atom stereocenters. The van der Waals surface area contributed by atoms with Gasteiger partial charge in [-0.25, -0.2) is 0 Å². The van der Waals surface area contributed by atoms with Crippen LogP contribution in [0.2, 0.25) is 0 Å². The summed E-state index contributed by atoms with van der Waals surface area (Å²) in [6.07, 6.45) is 4.36. The van der Waals surface area contributed by atoms with E-state index in [4.69, 9.17) is 4.74 Å². The number of nitrogens with zero attached hydrogens (tertiary/aromatic N) is 2. The predicted octanol–water partition coefficient (Wildman–Crippen LogP) is 2.11. The number of hydrogen-bond donors (Lipinski definition) is 1. The van der Waals surface area contributed by atoms with Gasteiger partial charge in [-0.05, 0) is 37.1 Å². The summed E-state index contributed by atoms with van der Waals surface area (Å²) in [6.45, 7) is 3.80. The Morgan fingerprint density at radius 3 is 2.32 bits per heavy atom. The SMILES string of the molecule is COC(=O)CN1CCN(c2ccc(NC(=O)C3CCCC3)cc2)CC1. The van der Waals surface area contributed by atoms with Gasteiger partial charge >= 0.3 is 5.97 Å². The second-order valence-corrected chi connectivity index (χ2v) is 6.86. The first-order chi connectivity index (χ1) is 12.2. The maximum atomic E-state index is 12.2. The topological polar surface area (TPSA) is 61.9 Å². The molecule has 3 rings (SSSR count). The van der Waals surface area contributed by atoms with Gasteiger partial charge in [0.25, 0.3) is 0 Å². The summed E-state index contributed by atoms with van der Waals surface area (Å²) in [5.41, 5.74) is 2.02. The van der Waals surface area contributed by atoms with Crippen molar-refractivity contribution >= 4 is 23.3 Å². The first kappa shape index (κ1) is 17.7. The highest BCUT2D eigenvalue weighted by atomic mass is 16.5. The van der Waals surface area contributed by atoms with Crippen LogP contribution in [0.3, 0.4) is 0 Å². The van der Waals surface area contributed by atoms with Gasteiger partial charge in [-0.2, -0.15) is 0 Å². The van der Waals surface area contributed by atoms with E-state index in [1.807, 2.05) is 12.1 Å². The maximum absolute atomic E-state index is 12.2. The number of benzene rings is 1. The molecule has 0 aromatic heterocycles. The summed E-state index contributed by atoms with van der Waals surface area (Å²) in [5.74, 6) is 0.153. The van der Waals surface area contributed by atoms with Gasteiger partial charge in [0.2, 0.25) is 5.91 Å². The Morgan fingerprint density at radius 1 is 1.08 bits per heavy atom. The molecule has 1 aliphatic heterocycles. The van der Waals surface area contributed by atoms with E-state index in [0.717, 1.165) is 50.4 Å². The number of nitrogens with one attached hydrogen (secondary N) is 1. The number of carbonyl (C=O) groups is 2. The Hall–Kier alpha value is -2.08. The summed E-state index contributed by atoms with van der Waals surface area (Å²) in [6, 6.07) is 8.06. The second-order valence-electron chi connectivity index (χ2n) is 6.86. The van der Waals surface area contributed by atoms with E-state index < -0.39 is 0 Å². The van der Waals surface area contributed by atoms with Crippen LogP contribution in [0.25, 0.3) is 0 Å². The van der Waals surface area contributed by atoms with Crippen LogP contribution < -0.4 is 10.2 Å². The lowest BCUT2D eigenvalue weighted by Gasteiger charge is -2.35. The van der Waals surface area contributed by atoms with Crippen molar-refractivity contribution in [3.63, 3.8) is 0 Å². The van der Waals surface area contributed by atoms with Crippen LogP contribution in [0.4, 0.5) is 11.4 Å². The number of carbonyl (C=O) groups excluding carboxylic acids is 2. The first-order valence-corrected chi connectivity index (χ1v) is 9.11. The van der Waals surface area contributed by atoms with Crippen molar-refractivity contribution in [3.05, 3.63) is 24.3 Å². The van der Waals surface area contributed by atoms with Gasteiger partial charge in [0.05, 0.1) is 13.7 Å². The monoisotopic (exact) mass is 345 g/mol. The van der Waals surface area contributed by atoms with Gasteiger partial charge in [-0.1, -0.05) is 12.8 Å². The number of hydrogen-bond acceptors (Lipinski definition) is 5. The number of rotatable bonds is 5. The fourth-order valence-electron chi connectivity index (χ4n) is 3.60. The van der Waals surface area contributed by atoms with Crippen molar-refractivity contribution < 1.29 is 14.3 Å². The van der Waals surface area contributed by atoms with Gasteiger partial charge in [0.15, 0.2) is 0 Å². The standard InChI is InChI=1S/C19H27N3O3/c1-25-18(23)14-21-10-12-22(13-11-21)17-8-6-16(7-9-17)20-19(24)15-4-2-3-5-15/h6-9,15H,2-5,10-14H2,1H3,(H,20,24).